The Morgan fingerprint density at radius 1 is 1.16 bits per heavy atom. The van der Waals surface area contributed by atoms with Gasteiger partial charge < -0.3 is 10.5 Å². The van der Waals surface area contributed by atoms with Crippen molar-refractivity contribution in [3.63, 3.8) is 0 Å². The second kappa shape index (κ2) is 8.09. The predicted molar refractivity (Wildman–Crippen MR) is 117 cm³/mol. The van der Waals surface area contributed by atoms with Crippen LogP contribution in [0.3, 0.4) is 0 Å². The number of primary sulfonamides is 1. The summed E-state index contributed by atoms with van der Waals surface area (Å²) in [6, 6.07) is 5.71. The van der Waals surface area contributed by atoms with Gasteiger partial charge in [-0.05, 0) is 24.3 Å². The summed E-state index contributed by atoms with van der Waals surface area (Å²) in [5, 5.41) is 13.4. The SMILES string of the molecule is Nc1[nH]ncc1-c1cc(Cl)ccc1Oc1c(Cl)cc(-c2cscn2)c(F)c1S(N)(=O)=O. The van der Waals surface area contributed by atoms with Gasteiger partial charge in [-0.1, -0.05) is 23.2 Å². The van der Waals surface area contributed by atoms with Crippen molar-refractivity contribution in [1.29, 1.82) is 0 Å². The molecule has 2 heterocycles. The van der Waals surface area contributed by atoms with Gasteiger partial charge in [0.25, 0.3) is 0 Å². The fraction of sp³-hybridized carbons (Fsp3) is 0. The normalized spacial score (nSPS) is 11.6. The lowest BCUT2D eigenvalue weighted by atomic mass is 10.1. The van der Waals surface area contributed by atoms with E-state index in [9.17, 15) is 8.42 Å². The van der Waals surface area contributed by atoms with Gasteiger partial charge in [0.05, 0.1) is 22.4 Å². The van der Waals surface area contributed by atoms with Crippen molar-refractivity contribution in [3.8, 4) is 33.9 Å². The number of sulfonamides is 1. The maximum Gasteiger partial charge on any atom is 0.244 e. The lowest BCUT2D eigenvalue weighted by Gasteiger charge is -2.17. The van der Waals surface area contributed by atoms with Crippen LogP contribution in [0.2, 0.25) is 10.0 Å². The third kappa shape index (κ3) is 4.10. The Balaban J connectivity index is 1.93. The molecule has 160 valence electrons. The predicted octanol–water partition coefficient (Wildman–Crippen LogP) is 4.67. The van der Waals surface area contributed by atoms with Crippen LogP contribution in [0.4, 0.5) is 10.2 Å². The van der Waals surface area contributed by atoms with Gasteiger partial charge in [0.2, 0.25) is 10.0 Å². The largest absolute Gasteiger partial charge is 0.454 e. The van der Waals surface area contributed by atoms with Gasteiger partial charge in [0.15, 0.2) is 16.5 Å². The Labute approximate surface area is 189 Å². The van der Waals surface area contributed by atoms with Crippen molar-refractivity contribution in [1.82, 2.24) is 15.2 Å². The van der Waals surface area contributed by atoms with Crippen LogP contribution in [0.5, 0.6) is 11.5 Å². The monoisotopic (exact) mass is 499 g/mol. The van der Waals surface area contributed by atoms with Gasteiger partial charge in [-0.3, -0.25) is 5.10 Å². The zero-order valence-electron chi connectivity index (χ0n) is 15.3. The molecule has 0 amide bonds. The Morgan fingerprint density at radius 2 is 1.94 bits per heavy atom. The van der Waals surface area contributed by atoms with Gasteiger partial charge in [-0.25, -0.2) is 22.9 Å². The smallest absolute Gasteiger partial charge is 0.244 e. The molecule has 31 heavy (non-hydrogen) atoms. The summed E-state index contributed by atoms with van der Waals surface area (Å²) in [6.45, 7) is 0. The molecule has 0 unspecified atom stereocenters. The van der Waals surface area contributed by atoms with E-state index in [2.05, 4.69) is 15.2 Å². The average Bonchev–Trinajstić information content (AvgIpc) is 3.36. The van der Waals surface area contributed by atoms with Crippen molar-refractivity contribution in [2.24, 2.45) is 5.14 Å². The summed E-state index contributed by atoms with van der Waals surface area (Å²) in [5.41, 5.74) is 8.25. The van der Waals surface area contributed by atoms with Crippen LogP contribution < -0.4 is 15.6 Å². The second-order valence-electron chi connectivity index (χ2n) is 6.24. The molecule has 4 aromatic rings. The van der Waals surface area contributed by atoms with Gasteiger partial charge in [-0.2, -0.15) is 5.10 Å². The number of halogens is 3. The van der Waals surface area contributed by atoms with E-state index in [1.165, 1.54) is 47.3 Å². The van der Waals surface area contributed by atoms with Crippen LogP contribution in [-0.2, 0) is 10.0 Å². The molecule has 8 nitrogen and oxygen atoms in total. The number of ether oxygens (including phenoxy) is 1. The fourth-order valence-corrected chi connectivity index (χ4v) is 4.68. The van der Waals surface area contributed by atoms with Gasteiger partial charge in [0, 0.05) is 27.1 Å². The molecule has 2 aromatic heterocycles. The molecular formula is C18H12Cl2FN5O3S2. The number of aromatic amines is 1. The summed E-state index contributed by atoms with van der Waals surface area (Å²) < 4.78 is 45.6. The molecular weight excluding hydrogens is 488 g/mol. The number of anilines is 1. The van der Waals surface area contributed by atoms with E-state index in [1.807, 2.05) is 0 Å². The lowest BCUT2D eigenvalue weighted by Crippen LogP contribution is -2.16. The molecule has 0 aliphatic rings. The molecule has 0 saturated carbocycles. The number of nitrogens with one attached hydrogen (secondary N) is 1. The molecule has 0 spiro atoms. The number of benzene rings is 2. The minimum absolute atomic E-state index is 0.102. The fourth-order valence-electron chi connectivity index (χ4n) is 2.89. The first kappa shape index (κ1) is 21.5. The Bertz CT molecular complexity index is 1390. The molecule has 0 aliphatic heterocycles. The van der Waals surface area contributed by atoms with E-state index >= 15 is 4.39 Å². The van der Waals surface area contributed by atoms with E-state index in [4.69, 9.17) is 38.8 Å². The summed E-state index contributed by atoms with van der Waals surface area (Å²) in [5.74, 6) is -1.29. The van der Waals surface area contributed by atoms with Crippen molar-refractivity contribution in [3.05, 3.63) is 57.2 Å². The number of hydrogen-bond acceptors (Lipinski definition) is 7. The van der Waals surface area contributed by atoms with Crippen molar-refractivity contribution in [2.75, 3.05) is 5.73 Å². The molecule has 2 aromatic carbocycles. The van der Waals surface area contributed by atoms with E-state index in [0.717, 1.165) is 0 Å². The molecule has 13 heteroatoms. The van der Waals surface area contributed by atoms with Gasteiger partial charge >= 0.3 is 0 Å². The topological polar surface area (TPSA) is 137 Å². The molecule has 0 bridgehead atoms. The summed E-state index contributed by atoms with van der Waals surface area (Å²) in [6.07, 6.45) is 1.43. The number of rotatable bonds is 5. The van der Waals surface area contributed by atoms with E-state index in [-0.39, 0.29) is 27.8 Å². The number of nitrogens with two attached hydrogens (primary N) is 2. The quantitative estimate of drug-likeness (QED) is 0.364. The first-order chi connectivity index (χ1) is 14.7. The van der Waals surface area contributed by atoms with E-state index < -0.39 is 26.5 Å². The van der Waals surface area contributed by atoms with Crippen LogP contribution >= 0.6 is 34.5 Å². The van der Waals surface area contributed by atoms with Crippen LogP contribution in [0.15, 0.2) is 46.2 Å². The maximum atomic E-state index is 15.3. The lowest BCUT2D eigenvalue weighted by molar-refractivity contribution is 0.456. The van der Waals surface area contributed by atoms with Crippen LogP contribution in [0.1, 0.15) is 0 Å². The number of nitrogen functional groups attached to an aromatic ring is 1. The summed E-state index contributed by atoms with van der Waals surface area (Å²) in [4.78, 5) is 3.10. The number of aromatic nitrogens is 3. The molecule has 4 rings (SSSR count). The molecule has 0 saturated heterocycles. The van der Waals surface area contributed by atoms with E-state index in [0.29, 0.717) is 16.1 Å². The highest BCUT2D eigenvalue weighted by atomic mass is 35.5. The highest BCUT2D eigenvalue weighted by molar-refractivity contribution is 7.89. The third-order valence-corrected chi connectivity index (χ3v) is 6.27. The van der Waals surface area contributed by atoms with Crippen molar-refractivity contribution in [2.45, 2.75) is 4.90 Å². The summed E-state index contributed by atoms with van der Waals surface area (Å²) in [7, 11) is -4.58. The van der Waals surface area contributed by atoms with Crippen LogP contribution in [0, 0.1) is 5.82 Å². The summed E-state index contributed by atoms with van der Waals surface area (Å²) >= 11 is 13.6. The highest BCUT2D eigenvalue weighted by Crippen LogP contribution is 2.44. The first-order valence-electron chi connectivity index (χ1n) is 8.36. The zero-order chi connectivity index (χ0) is 22.3. The molecule has 0 atom stereocenters. The van der Waals surface area contributed by atoms with Crippen molar-refractivity contribution < 1.29 is 17.5 Å². The third-order valence-electron chi connectivity index (χ3n) is 4.24. The Hall–Kier alpha value is -2.70. The zero-order valence-corrected chi connectivity index (χ0v) is 18.4. The molecule has 0 aliphatic carbocycles. The van der Waals surface area contributed by atoms with Crippen LogP contribution in [-0.4, -0.2) is 23.6 Å². The minimum Gasteiger partial charge on any atom is -0.454 e. The van der Waals surface area contributed by atoms with Gasteiger partial charge in [0.1, 0.15) is 11.6 Å². The molecule has 0 radical (unpaired) electrons. The average molecular weight is 500 g/mol. The number of H-pyrrole nitrogens is 1. The number of nitrogens with zero attached hydrogens (tertiary/aromatic N) is 2. The number of thiazole rings is 1. The number of hydrogen-bond donors (Lipinski definition) is 3. The standard InChI is InChI=1S/C18H12Cl2FN5O3S2/c19-8-1-2-14(9(3-8)11-5-25-26-18(11)22)29-16-12(20)4-10(13-6-30-7-24-13)15(21)17(16)31(23,27)28/h1-7H,(H3,22,25,26)(H2,23,27,28). The van der Waals surface area contributed by atoms with Crippen molar-refractivity contribution >= 4 is 50.4 Å². The van der Waals surface area contributed by atoms with Crippen LogP contribution in [0.25, 0.3) is 22.4 Å². The molecule has 0 fully saturated rings. The maximum absolute atomic E-state index is 15.3. The first-order valence-corrected chi connectivity index (χ1v) is 11.6. The Morgan fingerprint density at radius 3 is 2.55 bits per heavy atom. The minimum atomic E-state index is -4.58. The Kier molecular flexibility index (Phi) is 5.62. The van der Waals surface area contributed by atoms with E-state index in [1.54, 1.807) is 5.38 Å². The second-order valence-corrected chi connectivity index (χ2v) is 9.30. The highest BCUT2D eigenvalue weighted by Gasteiger charge is 2.29. The molecule has 5 N–H and O–H groups in total. The van der Waals surface area contributed by atoms with Gasteiger partial charge in [-0.15, -0.1) is 11.3 Å².